The van der Waals surface area contributed by atoms with Crippen molar-refractivity contribution in [3.05, 3.63) is 0 Å². The maximum Gasteiger partial charge on any atom is 0.309 e. The molecule has 0 aromatic carbocycles. The minimum Gasteiger partial charge on any atom is -0.484 e. The second-order valence-electron chi connectivity index (χ2n) is 3.93. The number of aliphatic carboxylic acids is 1. The smallest absolute Gasteiger partial charge is 0.309 e. The monoisotopic (exact) mass is 169 g/mol. The van der Waals surface area contributed by atoms with Crippen LogP contribution in [-0.2, 0) is 9.53 Å². The summed E-state index contributed by atoms with van der Waals surface area (Å²) in [7, 11) is 1.47. The molecule has 2 N–H and O–H groups in total. The zero-order chi connectivity index (χ0) is 8.98. The molecule has 0 aromatic rings. The number of hydrogen-bond donors (Lipinski definition) is 2. The Hall–Kier alpha value is -1.06. The van der Waals surface area contributed by atoms with E-state index in [0.29, 0.717) is 19.3 Å². The highest BCUT2D eigenvalue weighted by Crippen LogP contribution is 2.73. The molecule has 4 nitrogen and oxygen atoms in total. The lowest BCUT2D eigenvalue weighted by atomic mass is 9.35. The minimum absolute atomic E-state index is 0.201. The van der Waals surface area contributed by atoms with E-state index in [-0.39, 0.29) is 11.3 Å². The van der Waals surface area contributed by atoms with Gasteiger partial charge in [-0.1, -0.05) is 0 Å². The zero-order valence-corrected chi connectivity index (χ0v) is 6.89. The summed E-state index contributed by atoms with van der Waals surface area (Å²) in [6.07, 6.45) is 1.80. The zero-order valence-electron chi connectivity index (χ0n) is 6.89. The number of rotatable bonds is 2. The highest BCUT2D eigenvalue weighted by atomic mass is 16.5. The largest absolute Gasteiger partial charge is 0.484 e. The molecule has 0 unspecified atom stereocenters. The first-order valence-corrected chi connectivity index (χ1v) is 3.91. The van der Waals surface area contributed by atoms with E-state index >= 15 is 0 Å². The van der Waals surface area contributed by atoms with E-state index in [1.54, 1.807) is 0 Å². The van der Waals surface area contributed by atoms with Gasteiger partial charge in [0.2, 0.25) is 0 Å². The van der Waals surface area contributed by atoms with Crippen LogP contribution in [0.25, 0.3) is 0 Å². The first kappa shape index (κ1) is 7.58. The van der Waals surface area contributed by atoms with Gasteiger partial charge in [-0.25, -0.2) is 0 Å². The van der Waals surface area contributed by atoms with Gasteiger partial charge in [0.1, 0.15) is 0 Å². The van der Waals surface area contributed by atoms with Crippen LogP contribution in [0.15, 0.2) is 0 Å². The lowest BCUT2D eigenvalue weighted by molar-refractivity contribution is -0.202. The summed E-state index contributed by atoms with van der Waals surface area (Å²) in [6, 6.07) is 0. The predicted molar refractivity (Wildman–Crippen MR) is 41.1 cm³/mol. The molecule has 3 fully saturated rings. The van der Waals surface area contributed by atoms with Crippen LogP contribution in [0.1, 0.15) is 19.3 Å². The Morgan fingerprint density at radius 2 is 1.92 bits per heavy atom. The molecule has 0 amide bonds. The summed E-state index contributed by atoms with van der Waals surface area (Å²) in [5.74, 6) is -0.459. The first-order valence-electron chi connectivity index (χ1n) is 3.91. The van der Waals surface area contributed by atoms with Gasteiger partial charge in [0.15, 0.2) is 5.90 Å². The third kappa shape index (κ3) is 0.589. The van der Waals surface area contributed by atoms with Crippen molar-refractivity contribution in [2.75, 3.05) is 7.11 Å². The molecule has 0 aromatic heterocycles. The van der Waals surface area contributed by atoms with Crippen LogP contribution < -0.4 is 0 Å². The summed E-state index contributed by atoms with van der Waals surface area (Å²) < 4.78 is 4.81. The van der Waals surface area contributed by atoms with E-state index in [9.17, 15) is 4.79 Å². The molecule has 3 aliphatic carbocycles. The quantitative estimate of drug-likeness (QED) is 0.476. The number of carboxylic acid groups (broad SMARTS) is 1. The molecule has 4 heteroatoms. The van der Waals surface area contributed by atoms with Crippen LogP contribution in [0.5, 0.6) is 0 Å². The molecule has 3 aliphatic rings. The Labute approximate surface area is 70.0 Å². The van der Waals surface area contributed by atoms with Gasteiger partial charge in [-0.3, -0.25) is 10.2 Å². The van der Waals surface area contributed by atoms with Crippen LogP contribution in [0.3, 0.4) is 0 Å². The molecule has 12 heavy (non-hydrogen) atoms. The summed E-state index contributed by atoms with van der Waals surface area (Å²) in [4.78, 5) is 10.7. The van der Waals surface area contributed by atoms with Crippen molar-refractivity contribution in [2.24, 2.45) is 10.8 Å². The third-order valence-corrected chi connectivity index (χ3v) is 3.17. The van der Waals surface area contributed by atoms with Crippen LogP contribution >= 0.6 is 0 Å². The van der Waals surface area contributed by atoms with Gasteiger partial charge in [-0.2, -0.15) is 0 Å². The topological polar surface area (TPSA) is 70.4 Å². The van der Waals surface area contributed by atoms with E-state index in [0.717, 1.165) is 0 Å². The van der Waals surface area contributed by atoms with E-state index in [1.807, 2.05) is 0 Å². The van der Waals surface area contributed by atoms with Crippen molar-refractivity contribution in [1.82, 2.24) is 0 Å². The fraction of sp³-hybridized carbons (Fsp3) is 0.750. The van der Waals surface area contributed by atoms with Gasteiger partial charge < -0.3 is 9.84 Å². The van der Waals surface area contributed by atoms with Gasteiger partial charge in [0, 0.05) is 5.41 Å². The van der Waals surface area contributed by atoms with Crippen molar-refractivity contribution >= 4 is 11.9 Å². The van der Waals surface area contributed by atoms with Crippen molar-refractivity contribution in [3.63, 3.8) is 0 Å². The molecule has 0 aliphatic heterocycles. The summed E-state index contributed by atoms with van der Waals surface area (Å²) in [6.45, 7) is 0. The molecule has 0 saturated heterocycles. The van der Waals surface area contributed by atoms with Gasteiger partial charge in [-0.05, 0) is 19.3 Å². The van der Waals surface area contributed by atoms with Crippen LogP contribution in [0.2, 0.25) is 0 Å². The van der Waals surface area contributed by atoms with Crippen molar-refractivity contribution in [1.29, 1.82) is 5.41 Å². The molecule has 0 atom stereocenters. The number of ether oxygens (including phenoxy) is 1. The lowest BCUT2D eigenvalue weighted by Crippen LogP contribution is -2.68. The molecule has 2 bridgehead atoms. The first-order chi connectivity index (χ1) is 5.55. The minimum atomic E-state index is -0.715. The number of carbonyl (C=O) groups is 1. The fourth-order valence-corrected chi connectivity index (χ4v) is 2.47. The Morgan fingerprint density at radius 3 is 2.25 bits per heavy atom. The van der Waals surface area contributed by atoms with E-state index in [1.165, 1.54) is 7.11 Å². The second kappa shape index (κ2) is 1.81. The third-order valence-electron chi connectivity index (χ3n) is 3.17. The summed E-state index contributed by atoms with van der Waals surface area (Å²) in [5, 5.41) is 16.2. The van der Waals surface area contributed by atoms with Crippen LogP contribution in [0, 0.1) is 16.2 Å². The highest BCUT2D eigenvalue weighted by Gasteiger charge is 2.74. The lowest BCUT2D eigenvalue weighted by Gasteiger charge is -2.66. The Morgan fingerprint density at radius 1 is 1.42 bits per heavy atom. The number of methoxy groups -OCH3 is 1. The maximum atomic E-state index is 10.7. The molecule has 0 radical (unpaired) electrons. The van der Waals surface area contributed by atoms with E-state index < -0.39 is 11.4 Å². The Balaban J connectivity index is 2.04. The molecular weight excluding hydrogens is 158 g/mol. The standard InChI is InChI=1S/C8H11NO3/c1-12-5(9)7-2-8(3-7,4-7)6(10)11/h9H,2-4H2,1H3,(H,10,11). The molecule has 0 spiro atoms. The summed E-state index contributed by atoms with van der Waals surface area (Å²) in [5.41, 5.74) is -0.696. The number of hydrogen-bond acceptors (Lipinski definition) is 3. The Kier molecular flexibility index (Phi) is 1.14. The van der Waals surface area contributed by atoms with Gasteiger partial charge in [-0.15, -0.1) is 0 Å². The molecule has 3 saturated carbocycles. The molecule has 0 heterocycles. The van der Waals surface area contributed by atoms with E-state index in [4.69, 9.17) is 15.3 Å². The van der Waals surface area contributed by atoms with Crippen molar-refractivity contribution < 1.29 is 14.6 Å². The van der Waals surface area contributed by atoms with Gasteiger partial charge >= 0.3 is 5.97 Å². The normalized spacial score (nSPS) is 42.4. The van der Waals surface area contributed by atoms with Gasteiger partial charge in [0.05, 0.1) is 12.5 Å². The maximum absolute atomic E-state index is 10.7. The predicted octanol–water partition coefficient (Wildman–Crippen LogP) is 0.865. The van der Waals surface area contributed by atoms with Crippen molar-refractivity contribution in [2.45, 2.75) is 19.3 Å². The highest BCUT2D eigenvalue weighted by molar-refractivity contribution is 5.91. The SMILES string of the molecule is COC(=N)C12CC(C(=O)O)(C1)C2. The van der Waals surface area contributed by atoms with Crippen molar-refractivity contribution in [3.8, 4) is 0 Å². The van der Waals surface area contributed by atoms with E-state index in [2.05, 4.69) is 0 Å². The molecule has 3 rings (SSSR count). The number of carboxylic acids is 1. The van der Waals surface area contributed by atoms with Crippen LogP contribution in [0.4, 0.5) is 0 Å². The Bertz CT molecular complexity index is 252. The molecular formula is C8H11NO3. The number of nitrogens with one attached hydrogen (secondary N) is 1. The summed E-state index contributed by atoms with van der Waals surface area (Å²) >= 11 is 0. The second-order valence-corrected chi connectivity index (χ2v) is 3.93. The average Bonchev–Trinajstić information content (AvgIpc) is 1.80. The fourth-order valence-electron chi connectivity index (χ4n) is 2.47. The average molecular weight is 169 g/mol. The van der Waals surface area contributed by atoms with Crippen LogP contribution in [-0.4, -0.2) is 24.1 Å². The molecule has 66 valence electrons. The van der Waals surface area contributed by atoms with Gasteiger partial charge in [0.25, 0.3) is 0 Å².